The summed E-state index contributed by atoms with van der Waals surface area (Å²) >= 11 is 0. The van der Waals surface area contributed by atoms with E-state index in [9.17, 15) is 13.9 Å². The van der Waals surface area contributed by atoms with Gasteiger partial charge in [0.1, 0.15) is 24.8 Å². The molecule has 1 aromatic rings. The lowest BCUT2D eigenvalue weighted by Gasteiger charge is -2.10. The van der Waals surface area contributed by atoms with Gasteiger partial charge in [-0.1, -0.05) is 6.92 Å². The highest BCUT2D eigenvalue weighted by Crippen LogP contribution is 2.23. The molecule has 1 aromatic carbocycles. The minimum absolute atomic E-state index is 0.0882. The molecule has 2 nitrogen and oxygen atoms in total. The standard InChI is InChI=1S/C11H14F2O2/c1-2-11(14)9-4-3-8(7-10(9)13)15-6-5-12/h3-4,7,11,14H,2,5-6H2,1H3/t11-/m0/s1. The van der Waals surface area contributed by atoms with Crippen molar-refractivity contribution in [2.45, 2.75) is 19.4 Å². The second-order valence-electron chi connectivity index (χ2n) is 3.14. The van der Waals surface area contributed by atoms with Crippen LogP contribution in [0.2, 0.25) is 0 Å². The summed E-state index contributed by atoms with van der Waals surface area (Å²) in [6, 6.07) is 4.13. The summed E-state index contributed by atoms with van der Waals surface area (Å²) in [5, 5.41) is 9.44. The predicted molar refractivity (Wildman–Crippen MR) is 53.1 cm³/mol. The molecule has 0 aromatic heterocycles. The normalized spacial score (nSPS) is 12.5. The largest absolute Gasteiger partial charge is 0.491 e. The summed E-state index contributed by atoms with van der Waals surface area (Å²) in [6.07, 6.45) is -0.359. The third kappa shape index (κ3) is 3.16. The van der Waals surface area contributed by atoms with Gasteiger partial charge in [0.2, 0.25) is 0 Å². The molecule has 0 bridgehead atoms. The zero-order valence-electron chi connectivity index (χ0n) is 8.54. The highest BCUT2D eigenvalue weighted by molar-refractivity contribution is 5.30. The lowest BCUT2D eigenvalue weighted by atomic mass is 10.1. The van der Waals surface area contributed by atoms with Gasteiger partial charge in [-0.05, 0) is 18.6 Å². The molecule has 15 heavy (non-hydrogen) atoms. The molecule has 0 amide bonds. The molecule has 0 heterocycles. The Kier molecular flexibility index (Phi) is 4.49. The van der Waals surface area contributed by atoms with Gasteiger partial charge >= 0.3 is 0 Å². The van der Waals surface area contributed by atoms with E-state index >= 15 is 0 Å². The summed E-state index contributed by atoms with van der Waals surface area (Å²) in [5.41, 5.74) is 0.241. The van der Waals surface area contributed by atoms with Gasteiger partial charge in [-0.2, -0.15) is 0 Å². The maximum atomic E-state index is 13.4. The van der Waals surface area contributed by atoms with E-state index < -0.39 is 18.6 Å². The van der Waals surface area contributed by atoms with E-state index in [-0.39, 0.29) is 17.9 Å². The number of halogens is 2. The van der Waals surface area contributed by atoms with Gasteiger partial charge in [0.25, 0.3) is 0 Å². The van der Waals surface area contributed by atoms with E-state index in [0.29, 0.717) is 6.42 Å². The van der Waals surface area contributed by atoms with Gasteiger partial charge in [0.15, 0.2) is 0 Å². The Labute approximate surface area is 87.5 Å². The first kappa shape index (κ1) is 11.9. The zero-order chi connectivity index (χ0) is 11.3. The quantitative estimate of drug-likeness (QED) is 0.819. The number of benzene rings is 1. The van der Waals surface area contributed by atoms with Crippen LogP contribution in [0.3, 0.4) is 0 Å². The topological polar surface area (TPSA) is 29.5 Å². The number of rotatable bonds is 5. The molecule has 0 aliphatic carbocycles. The van der Waals surface area contributed by atoms with Gasteiger partial charge in [-0.25, -0.2) is 8.78 Å². The predicted octanol–water partition coefficient (Wildman–Crippen LogP) is 2.62. The van der Waals surface area contributed by atoms with Gasteiger partial charge < -0.3 is 9.84 Å². The molecular formula is C11H14F2O2. The first-order valence-electron chi connectivity index (χ1n) is 4.85. The molecule has 1 rings (SSSR count). The monoisotopic (exact) mass is 216 g/mol. The van der Waals surface area contributed by atoms with Gasteiger partial charge in [0.05, 0.1) is 6.10 Å². The SMILES string of the molecule is CC[C@H](O)c1ccc(OCCF)cc1F. The van der Waals surface area contributed by atoms with E-state index in [0.717, 1.165) is 6.07 Å². The number of aliphatic hydroxyl groups is 1. The summed E-state index contributed by atoms with van der Waals surface area (Å²) in [7, 11) is 0. The lowest BCUT2D eigenvalue weighted by Crippen LogP contribution is -2.02. The van der Waals surface area contributed by atoms with Crippen LogP contribution in [0.5, 0.6) is 5.75 Å². The highest BCUT2D eigenvalue weighted by atomic mass is 19.1. The molecule has 1 N–H and O–H groups in total. The van der Waals surface area contributed by atoms with Crippen LogP contribution in [-0.4, -0.2) is 18.4 Å². The van der Waals surface area contributed by atoms with Gasteiger partial charge in [0, 0.05) is 11.6 Å². The van der Waals surface area contributed by atoms with Gasteiger partial charge in [-0.15, -0.1) is 0 Å². The second-order valence-corrected chi connectivity index (χ2v) is 3.14. The maximum Gasteiger partial charge on any atom is 0.132 e. The Bertz CT molecular complexity index is 315. The van der Waals surface area contributed by atoms with E-state index in [1.54, 1.807) is 6.92 Å². The summed E-state index contributed by atoms with van der Waals surface area (Å²) < 4.78 is 30.1. The summed E-state index contributed by atoms with van der Waals surface area (Å²) in [4.78, 5) is 0. The molecule has 0 saturated heterocycles. The van der Waals surface area contributed by atoms with Crippen molar-refractivity contribution in [2.75, 3.05) is 13.3 Å². The fourth-order valence-corrected chi connectivity index (χ4v) is 1.24. The second kappa shape index (κ2) is 5.66. The summed E-state index contributed by atoms with van der Waals surface area (Å²) in [5.74, 6) is -0.252. The van der Waals surface area contributed by atoms with Crippen molar-refractivity contribution in [1.29, 1.82) is 0 Å². The number of aliphatic hydroxyl groups excluding tert-OH is 1. The van der Waals surface area contributed by atoms with Crippen molar-refractivity contribution in [1.82, 2.24) is 0 Å². The first-order valence-corrected chi connectivity index (χ1v) is 4.85. The molecule has 0 aliphatic rings. The van der Waals surface area contributed by atoms with Crippen LogP contribution in [0, 0.1) is 5.82 Å². The van der Waals surface area contributed by atoms with Crippen LogP contribution < -0.4 is 4.74 Å². The van der Waals surface area contributed by atoms with Crippen LogP contribution in [0.25, 0.3) is 0 Å². The molecule has 0 spiro atoms. The van der Waals surface area contributed by atoms with Crippen molar-refractivity contribution in [2.24, 2.45) is 0 Å². The molecule has 0 aliphatic heterocycles. The zero-order valence-corrected chi connectivity index (χ0v) is 8.54. The number of hydrogen-bond donors (Lipinski definition) is 1. The average Bonchev–Trinajstić information content (AvgIpc) is 2.25. The van der Waals surface area contributed by atoms with Crippen molar-refractivity contribution in [3.63, 3.8) is 0 Å². The lowest BCUT2D eigenvalue weighted by molar-refractivity contribution is 0.168. The average molecular weight is 216 g/mol. The first-order chi connectivity index (χ1) is 7.19. The van der Waals surface area contributed by atoms with Crippen molar-refractivity contribution >= 4 is 0 Å². The van der Waals surface area contributed by atoms with E-state index in [4.69, 9.17) is 4.74 Å². The third-order valence-corrected chi connectivity index (χ3v) is 2.06. The van der Waals surface area contributed by atoms with Gasteiger partial charge in [-0.3, -0.25) is 0 Å². The van der Waals surface area contributed by atoms with E-state index in [1.807, 2.05) is 0 Å². The number of alkyl halides is 1. The Morgan fingerprint density at radius 2 is 2.20 bits per heavy atom. The number of ether oxygens (including phenoxy) is 1. The Morgan fingerprint density at radius 3 is 2.73 bits per heavy atom. The molecule has 0 saturated carbocycles. The molecule has 1 atom stereocenters. The van der Waals surface area contributed by atoms with Crippen LogP contribution >= 0.6 is 0 Å². The molecule has 0 fully saturated rings. The van der Waals surface area contributed by atoms with Crippen molar-refractivity contribution < 1.29 is 18.6 Å². The number of hydrogen-bond acceptors (Lipinski definition) is 2. The Balaban J connectivity index is 2.78. The van der Waals surface area contributed by atoms with E-state index in [1.165, 1.54) is 12.1 Å². The minimum atomic E-state index is -0.805. The van der Waals surface area contributed by atoms with Crippen molar-refractivity contribution in [3.8, 4) is 5.75 Å². The smallest absolute Gasteiger partial charge is 0.132 e. The fraction of sp³-hybridized carbons (Fsp3) is 0.455. The maximum absolute atomic E-state index is 13.4. The fourth-order valence-electron chi connectivity index (χ4n) is 1.24. The van der Waals surface area contributed by atoms with Crippen molar-refractivity contribution in [3.05, 3.63) is 29.6 Å². The molecule has 4 heteroatoms. The third-order valence-electron chi connectivity index (χ3n) is 2.06. The van der Waals surface area contributed by atoms with E-state index in [2.05, 4.69) is 0 Å². The molecule has 0 radical (unpaired) electrons. The minimum Gasteiger partial charge on any atom is -0.491 e. The Hall–Kier alpha value is -1.16. The molecule has 0 unspecified atom stereocenters. The molecular weight excluding hydrogens is 202 g/mol. The van der Waals surface area contributed by atoms with Crippen LogP contribution in [-0.2, 0) is 0 Å². The van der Waals surface area contributed by atoms with Crippen LogP contribution in [0.1, 0.15) is 25.0 Å². The summed E-state index contributed by atoms with van der Waals surface area (Å²) in [6.45, 7) is 1.06. The Morgan fingerprint density at radius 1 is 1.47 bits per heavy atom. The van der Waals surface area contributed by atoms with Crippen LogP contribution in [0.4, 0.5) is 8.78 Å². The highest BCUT2D eigenvalue weighted by Gasteiger charge is 2.11. The molecule has 84 valence electrons. The van der Waals surface area contributed by atoms with Crippen LogP contribution in [0.15, 0.2) is 18.2 Å².